The molecule has 0 bridgehead atoms. The third kappa shape index (κ3) is 4.71. The Morgan fingerprint density at radius 2 is 1.94 bits per heavy atom. The molecule has 168 valence electrons. The normalized spacial score (nSPS) is 14.2. The van der Waals surface area contributed by atoms with Crippen molar-refractivity contribution in [1.29, 1.82) is 5.41 Å². The maximum Gasteiger partial charge on any atom is 0.224 e. The molecule has 0 saturated heterocycles. The first-order valence-corrected chi connectivity index (χ1v) is 10.9. The molecule has 0 radical (unpaired) electrons. The first-order chi connectivity index (χ1) is 14.5. The van der Waals surface area contributed by atoms with Crippen LogP contribution in [0.1, 0.15) is 69.5 Å². The number of benzene rings is 1. The predicted octanol–water partition coefficient (Wildman–Crippen LogP) is 4.72. The molecular weight excluding hydrogens is 414 g/mol. The molecule has 2 heterocycles. The van der Waals surface area contributed by atoms with E-state index in [9.17, 15) is 0 Å². The molecular formula is C23H32ClN5O2. The lowest BCUT2D eigenvalue weighted by atomic mass is 10.2. The average Bonchev–Trinajstić information content (AvgIpc) is 3.40. The summed E-state index contributed by atoms with van der Waals surface area (Å²) in [6.07, 6.45) is 5.63. The van der Waals surface area contributed by atoms with Crippen molar-refractivity contribution in [3.8, 4) is 11.5 Å². The Bertz CT molecular complexity index is 1100. The number of nitrogens with zero attached hydrogens (tertiary/aromatic N) is 3. The summed E-state index contributed by atoms with van der Waals surface area (Å²) in [5.74, 6) is 2.71. The van der Waals surface area contributed by atoms with Gasteiger partial charge in [0.1, 0.15) is 11.3 Å². The number of hydrogen-bond acceptors (Lipinski definition) is 5. The summed E-state index contributed by atoms with van der Waals surface area (Å²) in [6, 6.07) is 5.99. The zero-order valence-electron chi connectivity index (χ0n) is 18.7. The molecule has 0 atom stereocenters. The highest BCUT2D eigenvalue weighted by Gasteiger charge is 2.19. The minimum Gasteiger partial charge on any atom is -0.493 e. The van der Waals surface area contributed by atoms with Crippen LogP contribution in [0.4, 0.5) is 0 Å². The Morgan fingerprint density at radius 3 is 2.58 bits per heavy atom. The van der Waals surface area contributed by atoms with Crippen molar-refractivity contribution >= 4 is 23.6 Å². The van der Waals surface area contributed by atoms with E-state index < -0.39 is 0 Å². The van der Waals surface area contributed by atoms with E-state index in [0.717, 1.165) is 59.0 Å². The summed E-state index contributed by atoms with van der Waals surface area (Å²) in [5.41, 5.74) is 3.84. The van der Waals surface area contributed by atoms with Gasteiger partial charge in [-0.2, -0.15) is 0 Å². The molecule has 31 heavy (non-hydrogen) atoms. The van der Waals surface area contributed by atoms with Crippen molar-refractivity contribution in [3.05, 3.63) is 40.9 Å². The van der Waals surface area contributed by atoms with Gasteiger partial charge in [-0.3, -0.25) is 9.98 Å². The number of imidazole rings is 1. The van der Waals surface area contributed by atoms with E-state index in [1.165, 1.54) is 12.8 Å². The Hall–Kier alpha value is -2.54. The maximum atomic E-state index is 8.52. The van der Waals surface area contributed by atoms with Crippen LogP contribution in [0.15, 0.2) is 18.2 Å². The fraction of sp³-hybridized carbons (Fsp3) is 0.522. The van der Waals surface area contributed by atoms with Gasteiger partial charge in [-0.1, -0.05) is 26.8 Å². The van der Waals surface area contributed by atoms with Crippen LogP contribution < -0.4 is 15.1 Å². The van der Waals surface area contributed by atoms with Crippen molar-refractivity contribution in [2.24, 2.45) is 0 Å². The van der Waals surface area contributed by atoms with Gasteiger partial charge in [-0.25, -0.2) is 9.97 Å². The Labute approximate surface area is 189 Å². The number of aromatic amines is 1. The topological polar surface area (TPSA) is 88.8 Å². The molecule has 1 aliphatic carbocycles. The van der Waals surface area contributed by atoms with Gasteiger partial charge < -0.3 is 14.5 Å². The van der Waals surface area contributed by atoms with Crippen LogP contribution in [0.2, 0.25) is 0 Å². The summed E-state index contributed by atoms with van der Waals surface area (Å²) >= 11 is 0. The second kappa shape index (κ2) is 9.73. The van der Waals surface area contributed by atoms with Crippen molar-refractivity contribution in [2.45, 2.75) is 71.4 Å². The maximum absolute atomic E-state index is 8.52. The summed E-state index contributed by atoms with van der Waals surface area (Å²) in [4.78, 5) is 12.8. The number of halogens is 1. The molecule has 1 aromatic carbocycles. The number of ether oxygens (including phenoxy) is 2. The third-order valence-electron chi connectivity index (χ3n) is 5.79. The van der Waals surface area contributed by atoms with Gasteiger partial charge in [0.25, 0.3) is 0 Å². The molecule has 0 aliphatic heterocycles. The monoisotopic (exact) mass is 445 g/mol. The number of hydrogen-bond donors (Lipinski definition) is 2. The predicted molar refractivity (Wildman–Crippen MR) is 123 cm³/mol. The van der Waals surface area contributed by atoms with E-state index in [-0.39, 0.29) is 30.0 Å². The number of nitrogens with one attached hydrogen (secondary N) is 2. The number of aromatic nitrogens is 4. The Kier molecular flexibility index (Phi) is 7.26. The number of methoxy groups -OCH3 is 1. The number of fused-ring (bicyclic) bond motifs is 1. The quantitative estimate of drug-likeness (QED) is 0.550. The van der Waals surface area contributed by atoms with Crippen molar-refractivity contribution < 1.29 is 9.47 Å². The minimum absolute atomic E-state index is 0. The summed E-state index contributed by atoms with van der Waals surface area (Å²) < 4.78 is 13.6. The van der Waals surface area contributed by atoms with Gasteiger partial charge in [-0.05, 0) is 49.8 Å². The van der Waals surface area contributed by atoms with E-state index in [4.69, 9.17) is 19.9 Å². The number of H-pyrrole nitrogens is 1. The van der Waals surface area contributed by atoms with Gasteiger partial charge in [0.15, 0.2) is 17.1 Å². The first kappa shape index (κ1) is 23.1. The SMILES string of the molecule is CCc1nc(=N)n(Cc2ccc(OC)c(OC3CCCC3)c2)c2nc(C(C)C)[nH]c12.Cl. The molecule has 4 rings (SSSR count). The summed E-state index contributed by atoms with van der Waals surface area (Å²) in [6.45, 7) is 6.77. The lowest BCUT2D eigenvalue weighted by molar-refractivity contribution is 0.200. The first-order valence-electron chi connectivity index (χ1n) is 10.9. The standard InChI is InChI=1S/C23H31N5O2.ClH/c1-5-17-20-22(27-21(26-20)14(2)3)28(23(24)25-17)13-15-10-11-18(29-4)19(12-15)30-16-8-6-7-9-16;/h10-12,14,16,24H,5-9,13H2,1-4H3,(H,26,27);1H. The van der Waals surface area contributed by atoms with Crippen LogP contribution in [0, 0.1) is 5.41 Å². The van der Waals surface area contributed by atoms with Gasteiger partial charge >= 0.3 is 0 Å². The second-order valence-electron chi connectivity index (χ2n) is 8.31. The van der Waals surface area contributed by atoms with E-state index in [1.54, 1.807) is 7.11 Å². The highest BCUT2D eigenvalue weighted by Crippen LogP contribution is 2.32. The highest BCUT2D eigenvalue weighted by molar-refractivity contribution is 5.85. The van der Waals surface area contributed by atoms with Crippen LogP contribution in [-0.4, -0.2) is 32.7 Å². The Morgan fingerprint density at radius 1 is 1.19 bits per heavy atom. The smallest absolute Gasteiger partial charge is 0.224 e. The molecule has 0 unspecified atom stereocenters. The molecule has 8 heteroatoms. The molecule has 0 amide bonds. The molecule has 1 fully saturated rings. The lowest BCUT2D eigenvalue weighted by Gasteiger charge is -2.17. The highest BCUT2D eigenvalue weighted by atomic mass is 35.5. The van der Waals surface area contributed by atoms with E-state index in [1.807, 2.05) is 22.8 Å². The van der Waals surface area contributed by atoms with Crippen LogP contribution in [-0.2, 0) is 13.0 Å². The van der Waals surface area contributed by atoms with Gasteiger partial charge in [0, 0.05) is 5.92 Å². The fourth-order valence-corrected chi connectivity index (χ4v) is 4.08. The Balaban J connectivity index is 0.00000272. The van der Waals surface area contributed by atoms with Crippen LogP contribution in [0.3, 0.4) is 0 Å². The minimum atomic E-state index is 0. The number of rotatable bonds is 7. The van der Waals surface area contributed by atoms with Crippen molar-refractivity contribution in [1.82, 2.24) is 19.5 Å². The molecule has 2 aromatic heterocycles. The molecule has 1 saturated carbocycles. The molecule has 2 N–H and O–H groups in total. The third-order valence-corrected chi connectivity index (χ3v) is 5.79. The van der Waals surface area contributed by atoms with Gasteiger partial charge in [0.2, 0.25) is 5.62 Å². The molecule has 0 spiro atoms. The number of aryl methyl sites for hydroxylation is 1. The second-order valence-corrected chi connectivity index (χ2v) is 8.31. The molecule has 3 aromatic rings. The van der Waals surface area contributed by atoms with Gasteiger partial charge in [-0.15, -0.1) is 12.4 Å². The van der Waals surface area contributed by atoms with Crippen molar-refractivity contribution in [3.63, 3.8) is 0 Å². The van der Waals surface area contributed by atoms with Crippen LogP contribution in [0.5, 0.6) is 11.5 Å². The largest absolute Gasteiger partial charge is 0.493 e. The van der Waals surface area contributed by atoms with Crippen molar-refractivity contribution in [2.75, 3.05) is 7.11 Å². The average molecular weight is 446 g/mol. The van der Waals surface area contributed by atoms with Gasteiger partial charge in [0.05, 0.1) is 25.5 Å². The fourth-order valence-electron chi connectivity index (χ4n) is 4.08. The summed E-state index contributed by atoms with van der Waals surface area (Å²) in [7, 11) is 1.67. The lowest BCUT2D eigenvalue weighted by Crippen LogP contribution is -2.25. The summed E-state index contributed by atoms with van der Waals surface area (Å²) in [5, 5.41) is 8.52. The van der Waals surface area contributed by atoms with E-state index in [0.29, 0.717) is 6.54 Å². The molecule has 7 nitrogen and oxygen atoms in total. The van der Waals surface area contributed by atoms with E-state index in [2.05, 4.69) is 30.7 Å². The molecule has 1 aliphatic rings. The zero-order chi connectivity index (χ0) is 21.3. The zero-order valence-corrected chi connectivity index (χ0v) is 19.5. The van der Waals surface area contributed by atoms with Crippen LogP contribution >= 0.6 is 12.4 Å². The van der Waals surface area contributed by atoms with E-state index >= 15 is 0 Å². The van der Waals surface area contributed by atoms with Crippen LogP contribution in [0.25, 0.3) is 11.2 Å².